The number of unbranched alkanes of at least 4 members (excludes halogenated alkanes) is 2. The van der Waals surface area contributed by atoms with Gasteiger partial charge in [0.2, 0.25) is 47.3 Å². The summed E-state index contributed by atoms with van der Waals surface area (Å²) >= 11 is 0. The van der Waals surface area contributed by atoms with Gasteiger partial charge in [-0.2, -0.15) is 0 Å². The molecule has 1 saturated heterocycles. The molecule has 8 amide bonds. The lowest BCUT2D eigenvalue weighted by Gasteiger charge is -2.31. The highest BCUT2D eigenvalue weighted by molar-refractivity contribution is 5.98. The second kappa shape index (κ2) is 28.5. The number of rotatable bonds is 30. The monoisotopic (exact) mass is 932 g/mol. The largest absolute Gasteiger partial charge is 0.508 e. The van der Waals surface area contributed by atoms with Gasteiger partial charge in [-0.1, -0.05) is 26.0 Å². The zero-order chi connectivity index (χ0) is 49.5. The van der Waals surface area contributed by atoms with Gasteiger partial charge in [-0.3, -0.25) is 47.9 Å². The number of carbonyl (C=O) groups excluding carboxylic acids is 8. The molecule has 0 radical (unpaired) electrons. The van der Waals surface area contributed by atoms with E-state index >= 15 is 0 Å². The first kappa shape index (κ1) is 55.8. The Morgan fingerprint density at radius 3 is 1.71 bits per heavy atom. The van der Waals surface area contributed by atoms with Crippen LogP contribution in [0.2, 0.25) is 0 Å². The molecule has 0 unspecified atom stereocenters. The second-order valence-corrected chi connectivity index (χ2v) is 16.8. The van der Waals surface area contributed by atoms with E-state index in [1.54, 1.807) is 0 Å². The lowest BCUT2D eigenvalue weighted by Crippen LogP contribution is -2.60. The number of carbonyl (C=O) groups is 10. The Morgan fingerprint density at radius 2 is 1.18 bits per heavy atom. The van der Waals surface area contributed by atoms with E-state index in [1.807, 2.05) is 13.8 Å². The van der Waals surface area contributed by atoms with Crippen molar-refractivity contribution in [3.05, 3.63) is 29.8 Å². The average Bonchev–Trinajstić information content (AvgIpc) is 3.74. The van der Waals surface area contributed by atoms with Crippen LogP contribution in [-0.2, 0) is 54.4 Å². The van der Waals surface area contributed by atoms with E-state index in [4.69, 9.17) is 17.2 Å². The fourth-order valence-electron chi connectivity index (χ4n) is 7.34. The highest BCUT2D eigenvalue weighted by atomic mass is 16.4. The molecule has 15 N–H and O–H groups in total. The molecule has 23 heteroatoms. The zero-order valence-corrected chi connectivity index (χ0v) is 37.8. The summed E-state index contributed by atoms with van der Waals surface area (Å²) in [6, 6.07) is -3.78. The molecule has 1 aromatic rings. The van der Waals surface area contributed by atoms with E-state index < -0.39 is 114 Å². The number of carboxylic acid groups (broad SMARTS) is 2. The zero-order valence-electron chi connectivity index (χ0n) is 37.8. The molecule has 66 heavy (non-hydrogen) atoms. The Morgan fingerprint density at radius 1 is 0.667 bits per heavy atom. The topological polar surface area (TPSA) is 385 Å². The minimum absolute atomic E-state index is 0.0362. The molecule has 0 aromatic heterocycles. The fraction of sp³-hybridized carbons (Fsp3) is 0.628. The maximum Gasteiger partial charge on any atom is 0.305 e. The lowest BCUT2D eigenvalue weighted by molar-refractivity contribution is -0.146. The van der Waals surface area contributed by atoms with E-state index in [1.165, 1.54) is 24.3 Å². The van der Waals surface area contributed by atoms with Gasteiger partial charge in [-0.25, -0.2) is 0 Å². The van der Waals surface area contributed by atoms with E-state index in [-0.39, 0.29) is 69.7 Å². The van der Waals surface area contributed by atoms with Crippen LogP contribution in [0.25, 0.3) is 0 Å². The first-order valence-electron chi connectivity index (χ1n) is 22.2. The summed E-state index contributed by atoms with van der Waals surface area (Å²) in [5, 5.41) is 44.0. The SMILES string of the molecule is CC(=O)N[C@@H](CCC(=O)O)C(=O)N[C@H](Cc1ccc(O)cc1)C(=O)N[C@H](CC(=O)O)C(=O)N1CCC[C@H]1C(=O)N[C@H](CCCCN)C(=O)N[C@@H](CC(C)C)C(=O)N[C@@H](CCCCN)C(N)=O. The Hall–Kier alpha value is -6.36. The minimum Gasteiger partial charge on any atom is -0.508 e. The van der Waals surface area contributed by atoms with Crippen LogP contribution in [0.3, 0.4) is 0 Å². The third kappa shape index (κ3) is 19.8. The normalized spacial score (nSPS) is 16.1. The Kier molecular flexibility index (Phi) is 24.1. The number of phenolic OH excluding ortho intramolecular Hbond substituents is 1. The van der Waals surface area contributed by atoms with Crippen molar-refractivity contribution in [2.45, 2.75) is 147 Å². The van der Waals surface area contributed by atoms with E-state index in [9.17, 15) is 63.3 Å². The van der Waals surface area contributed by atoms with Gasteiger partial charge < -0.3 is 69.3 Å². The number of aromatic hydroxyl groups is 1. The second-order valence-electron chi connectivity index (χ2n) is 16.8. The van der Waals surface area contributed by atoms with Gasteiger partial charge in [-0.05, 0) is 101 Å². The van der Waals surface area contributed by atoms with Crippen LogP contribution in [0, 0.1) is 5.92 Å². The number of nitrogens with zero attached hydrogens (tertiary/aromatic N) is 1. The van der Waals surface area contributed by atoms with Crippen molar-refractivity contribution in [1.82, 2.24) is 36.8 Å². The summed E-state index contributed by atoms with van der Waals surface area (Å²) in [5.41, 5.74) is 17.2. The van der Waals surface area contributed by atoms with E-state index in [0.717, 1.165) is 11.8 Å². The molecule has 368 valence electrons. The average molecular weight is 933 g/mol. The first-order chi connectivity index (χ1) is 31.2. The smallest absolute Gasteiger partial charge is 0.305 e. The number of hydrogen-bond acceptors (Lipinski definition) is 13. The van der Waals surface area contributed by atoms with Crippen molar-refractivity contribution in [3.63, 3.8) is 0 Å². The van der Waals surface area contributed by atoms with Crippen LogP contribution in [0.4, 0.5) is 0 Å². The van der Waals surface area contributed by atoms with Gasteiger partial charge in [0.15, 0.2) is 0 Å². The molecule has 1 aliphatic heterocycles. The molecule has 0 saturated carbocycles. The lowest BCUT2D eigenvalue weighted by atomic mass is 10.0. The first-order valence-corrected chi connectivity index (χ1v) is 22.2. The predicted molar refractivity (Wildman–Crippen MR) is 237 cm³/mol. The maximum atomic E-state index is 14.2. The minimum atomic E-state index is -1.78. The predicted octanol–water partition coefficient (Wildman–Crippen LogP) is -2.02. The number of nitrogens with one attached hydrogen (secondary N) is 6. The Balaban J connectivity index is 2.39. The summed E-state index contributed by atoms with van der Waals surface area (Å²) < 4.78 is 0. The molecular weight excluding hydrogens is 865 g/mol. The molecule has 0 spiro atoms. The number of nitrogens with two attached hydrogens (primary N) is 3. The van der Waals surface area contributed by atoms with Gasteiger partial charge >= 0.3 is 11.9 Å². The number of benzene rings is 1. The standard InChI is InChI=1S/C43H68N10O13/c1-24(2)21-31(40(63)48-28(37(46)60)9-4-6-18-44)50-38(61)29(10-5-7-19-45)49-42(65)34-11-8-20-53(34)43(66)33(23-36(58)59)52-41(64)32(22-26-12-14-27(55)15-13-26)51-39(62)30(47-25(3)54)16-17-35(56)57/h12-15,24,28-34,55H,4-11,16-23,44-45H2,1-3H3,(H2,46,60)(H,47,54)(H,48,63)(H,49,65)(H,50,61)(H,51,62)(H,52,64)(H,56,57)(H,58,59)/t28-,29+,30-,31-,32+,33+,34-/m0/s1. The van der Waals surface area contributed by atoms with Gasteiger partial charge in [0.05, 0.1) is 6.42 Å². The third-order valence-corrected chi connectivity index (χ3v) is 10.7. The van der Waals surface area contributed by atoms with Gasteiger partial charge in [0, 0.05) is 26.3 Å². The van der Waals surface area contributed by atoms with E-state index in [0.29, 0.717) is 37.8 Å². The molecule has 0 aliphatic carbocycles. The van der Waals surface area contributed by atoms with Crippen molar-refractivity contribution in [3.8, 4) is 5.75 Å². The molecule has 2 rings (SSSR count). The number of aliphatic carboxylic acids is 2. The molecule has 0 bridgehead atoms. The molecular formula is C43H68N10O13. The van der Waals surface area contributed by atoms with Crippen molar-refractivity contribution in [2.24, 2.45) is 23.1 Å². The summed E-state index contributed by atoms with van der Waals surface area (Å²) in [4.78, 5) is 132. The number of hydrogen-bond donors (Lipinski definition) is 12. The highest BCUT2D eigenvalue weighted by Crippen LogP contribution is 2.21. The molecule has 23 nitrogen and oxygen atoms in total. The van der Waals surface area contributed by atoms with Crippen molar-refractivity contribution in [2.75, 3.05) is 19.6 Å². The number of phenols is 1. The molecule has 1 aromatic carbocycles. The van der Waals surface area contributed by atoms with Crippen LogP contribution in [0.5, 0.6) is 5.75 Å². The van der Waals surface area contributed by atoms with Gasteiger partial charge in [-0.15, -0.1) is 0 Å². The van der Waals surface area contributed by atoms with E-state index in [2.05, 4.69) is 31.9 Å². The number of likely N-dealkylation sites (tertiary alicyclic amines) is 1. The van der Waals surface area contributed by atoms with Crippen molar-refractivity contribution >= 4 is 59.2 Å². The molecule has 7 atom stereocenters. The van der Waals surface area contributed by atoms with Crippen LogP contribution >= 0.6 is 0 Å². The van der Waals surface area contributed by atoms with Crippen LogP contribution in [-0.4, -0.2) is 141 Å². The molecule has 1 aliphatic rings. The fourth-order valence-corrected chi connectivity index (χ4v) is 7.34. The van der Waals surface area contributed by atoms with Crippen LogP contribution in [0.1, 0.15) is 103 Å². The Bertz CT molecular complexity index is 1850. The van der Waals surface area contributed by atoms with Crippen LogP contribution in [0.15, 0.2) is 24.3 Å². The summed E-state index contributed by atoms with van der Waals surface area (Å²) in [6.45, 7) is 5.38. The number of primary amides is 1. The summed E-state index contributed by atoms with van der Waals surface area (Å²) in [7, 11) is 0. The number of carboxylic acids is 2. The van der Waals surface area contributed by atoms with Crippen molar-refractivity contribution in [1.29, 1.82) is 0 Å². The Labute approximate surface area is 383 Å². The maximum absolute atomic E-state index is 14.2. The summed E-state index contributed by atoms with van der Waals surface area (Å²) in [5.74, 6) is -9.48. The quantitative estimate of drug-likeness (QED) is 0.0371. The van der Waals surface area contributed by atoms with Gasteiger partial charge in [0.25, 0.3) is 0 Å². The highest BCUT2D eigenvalue weighted by Gasteiger charge is 2.41. The third-order valence-electron chi connectivity index (χ3n) is 10.7. The number of amides is 8. The van der Waals surface area contributed by atoms with Crippen molar-refractivity contribution < 1.29 is 63.3 Å². The molecule has 1 fully saturated rings. The molecule has 1 heterocycles. The van der Waals surface area contributed by atoms with Gasteiger partial charge in [0.1, 0.15) is 48.0 Å². The van der Waals surface area contributed by atoms with Crippen LogP contribution < -0.4 is 49.1 Å². The summed E-state index contributed by atoms with van der Waals surface area (Å²) in [6.07, 6.45) is 0.764.